The van der Waals surface area contributed by atoms with E-state index < -0.39 is 29.7 Å². The number of rotatable bonds is 9. The third kappa shape index (κ3) is 5.06. The Labute approximate surface area is 166 Å². The Morgan fingerprint density at radius 2 is 1.93 bits per heavy atom. The number of esters is 1. The third-order valence-electron chi connectivity index (χ3n) is 5.84. The van der Waals surface area contributed by atoms with Crippen LogP contribution >= 0.6 is 0 Å². The van der Waals surface area contributed by atoms with Crippen molar-refractivity contribution in [2.75, 3.05) is 6.54 Å². The van der Waals surface area contributed by atoms with Crippen molar-refractivity contribution in [1.29, 1.82) is 0 Å². The van der Waals surface area contributed by atoms with Gasteiger partial charge in [0.05, 0.1) is 12.3 Å². The van der Waals surface area contributed by atoms with E-state index in [1.165, 1.54) is 5.57 Å². The molecule has 7 nitrogen and oxygen atoms in total. The maximum Gasteiger partial charge on any atom is 0.410 e. The van der Waals surface area contributed by atoms with Crippen LogP contribution in [0.5, 0.6) is 0 Å². The maximum atomic E-state index is 12.3. The largest absolute Gasteiger partial charge is 0.481 e. The SMILES string of the molecule is CCC1=C[C@H]2[C@@H](C1)C[C@@]2(CNC(=O)O[C@@H](OC(=O)C(C)C)C(C)C)CC(=O)O. The first kappa shape index (κ1) is 22.2. The van der Waals surface area contributed by atoms with E-state index in [-0.39, 0.29) is 30.7 Å². The number of carbonyl (C=O) groups excluding carboxylic acids is 2. The quantitative estimate of drug-likeness (QED) is 0.350. The van der Waals surface area contributed by atoms with Gasteiger partial charge in [-0.1, -0.05) is 46.3 Å². The van der Waals surface area contributed by atoms with E-state index >= 15 is 0 Å². The van der Waals surface area contributed by atoms with Crippen LogP contribution in [0, 0.1) is 29.1 Å². The molecule has 0 saturated heterocycles. The summed E-state index contributed by atoms with van der Waals surface area (Å²) in [5.74, 6) is -1.15. The highest BCUT2D eigenvalue weighted by molar-refractivity contribution is 5.72. The number of amides is 1. The molecule has 7 heteroatoms. The van der Waals surface area contributed by atoms with Gasteiger partial charge in [0.15, 0.2) is 0 Å². The fourth-order valence-corrected chi connectivity index (χ4v) is 4.24. The molecule has 28 heavy (non-hydrogen) atoms. The molecule has 0 aromatic rings. The summed E-state index contributed by atoms with van der Waals surface area (Å²) in [6, 6.07) is 0. The van der Waals surface area contributed by atoms with Crippen LogP contribution in [0.2, 0.25) is 0 Å². The molecule has 1 fully saturated rings. The number of hydrogen-bond acceptors (Lipinski definition) is 5. The molecule has 2 aliphatic rings. The average Bonchev–Trinajstić information content (AvgIpc) is 2.95. The second-order valence-electron chi connectivity index (χ2n) is 8.77. The molecule has 0 aromatic heterocycles. The van der Waals surface area contributed by atoms with Crippen LogP contribution in [0.4, 0.5) is 4.79 Å². The number of ether oxygens (including phenoxy) is 2. The summed E-state index contributed by atoms with van der Waals surface area (Å²) in [4.78, 5) is 35.5. The molecule has 0 spiro atoms. The Bertz CT molecular complexity index is 641. The molecule has 158 valence electrons. The van der Waals surface area contributed by atoms with Gasteiger partial charge in [0.1, 0.15) is 0 Å². The Hall–Kier alpha value is -2.05. The van der Waals surface area contributed by atoms with Crippen molar-refractivity contribution in [3.8, 4) is 0 Å². The van der Waals surface area contributed by atoms with E-state index in [1.54, 1.807) is 27.7 Å². The van der Waals surface area contributed by atoms with Gasteiger partial charge in [-0.05, 0) is 31.1 Å². The number of aliphatic carboxylic acids is 1. The van der Waals surface area contributed by atoms with Crippen molar-refractivity contribution < 1.29 is 29.0 Å². The number of nitrogens with one attached hydrogen (secondary N) is 1. The van der Waals surface area contributed by atoms with E-state index in [0.29, 0.717) is 5.92 Å². The van der Waals surface area contributed by atoms with Gasteiger partial charge in [-0.25, -0.2) is 4.79 Å². The predicted octanol–water partition coefficient (Wildman–Crippen LogP) is 3.73. The highest BCUT2D eigenvalue weighted by atomic mass is 16.7. The number of carboxylic acid groups (broad SMARTS) is 1. The normalized spacial score (nSPS) is 26.9. The molecule has 2 rings (SSSR count). The molecule has 0 radical (unpaired) electrons. The average molecular weight is 395 g/mol. The second kappa shape index (κ2) is 8.97. The van der Waals surface area contributed by atoms with Gasteiger partial charge in [-0.2, -0.15) is 0 Å². The molecular formula is C21H33NO6. The third-order valence-corrected chi connectivity index (χ3v) is 5.84. The number of hydrogen-bond donors (Lipinski definition) is 2. The first-order chi connectivity index (χ1) is 13.1. The van der Waals surface area contributed by atoms with Crippen LogP contribution in [-0.2, 0) is 19.1 Å². The summed E-state index contributed by atoms with van der Waals surface area (Å²) < 4.78 is 10.6. The van der Waals surface area contributed by atoms with Crippen LogP contribution in [-0.4, -0.2) is 36.0 Å². The van der Waals surface area contributed by atoms with Crippen LogP contribution in [0.25, 0.3) is 0 Å². The first-order valence-corrected chi connectivity index (χ1v) is 10.1. The van der Waals surface area contributed by atoms with E-state index in [2.05, 4.69) is 18.3 Å². The fourth-order valence-electron chi connectivity index (χ4n) is 4.24. The second-order valence-corrected chi connectivity index (χ2v) is 8.77. The molecule has 1 amide bonds. The molecule has 1 saturated carbocycles. The molecule has 0 heterocycles. The van der Waals surface area contributed by atoms with Crippen LogP contribution in [0.3, 0.4) is 0 Å². The summed E-state index contributed by atoms with van der Waals surface area (Å²) in [7, 11) is 0. The van der Waals surface area contributed by atoms with Crippen molar-refractivity contribution in [3.63, 3.8) is 0 Å². The van der Waals surface area contributed by atoms with Crippen molar-refractivity contribution in [1.82, 2.24) is 5.32 Å². The Morgan fingerprint density at radius 1 is 1.25 bits per heavy atom. The summed E-state index contributed by atoms with van der Waals surface area (Å²) in [5.41, 5.74) is 0.888. The number of carboxylic acids is 1. The lowest BCUT2D eigenvalue weighted by Crippen LogP contribution is -2.53. The summed E-state index contributed by atoms with van der Waals surface area (Å²) in [6.07, 6.45) is 3.32. The molecular weight excluding hydrogens is 362 g/mol. The van der Waals surface area contributed by atoms with Crippen LogP contribution in [0.15, 0.2) is 11.6 Å². The van der Waals surface area contributed by atoms with Gasteiger partial charge in [0, 0.05) is 17.9 Å². The Morgan fingerprint density at radius 3 is 2.46 bits per heavy atom. The van der Waals surface area contributed by atoms with E-state index in [1.807, 2.05) is 0 Å². The highest BCUT2D eigenvalue weighted by Crippen LogP contribution is 2.59. The standard InChI is InChI=1S/C21H33NO6/c1-6-14-7-15-9-21(10-17(23)24,16(15)8-14)11-22-20(26)28-19(13(4)5)27-18(25)12(2)3/h8,12-13,15-16,19H,6-7,9-11H2,1-5H3,(H,22,26)(H,23,24)/t15-,16-,19+,21-/m0/s1. The lowest BCUT2D eigenvalue weighted by Gasteiger charge is -2.51. The van der Waals surface area contributed by atoms with Crippen molar-refractivity contribution in [2.45, 2.75) is 66.6 Å². The molecule has 4 atom stereocenters. The first-order valence-electron chi connectivity index (χ1n) is 10.1. The smallest absolute Gasteiger partial charge is 0.410 e. The molecule has 0 bridgehead atoms. The van der Waals surface area contributed by atoms with Gasteiger partial charge >= 0.3 is 18.0 Å². The van der Waals surface area contributed by atoms with E-state index in [0.717, 1.165) is 19.3 Å². The lowest BCUT2D eigenvalue weighted by molar-refractivity contribution is -0.179. The molecule has 2 N–H and O–H groups in total. The molecule has 0 unspecified atom stereocenters. The minimum atomic E-state index is -0.975. The van der Waals surface area contributed by atoms with Gasteiger partial charge in [-0.15, -0.1) is 0 Å². The van der Waals surface area contributed by atoms with E-state index in [4.69, 9.17) is 9.47 Å². The monoisotopic (exact) mass is 395 g/mol. The van der Waals surface area contributed by atoms with Gasteiger partial charge in [-0.3, -0.25) is 9.59 Å². The van der Waals surface area contributed by atoms with Crippen LogP contribution < -0.4 is 5.32 Å². The zero-order chi connectivity index (χ0) is 21.1. The summed E-state index contributed by atoms with van der Waals surface area (Å²) in [6.45, 7) is 9.35. The summed E-state index contributed by atoms with van der Waals surface area (Å²) >= 11 is 0. The topological polar surface area (TPSA) is 102 Å². The van der Waals surface area contributed by atoms with Crippen molar-refractivity contribution in [3.05, 3.63) is 11.6 Å². The zero-order valence-electron chi connectivity index (χ0n) is 17.5. The highest BCUT2D eigenvalue weighted by Gasteiger charge is 2.55. The van der Waals surface area contributed by atoms with Crippen LogP contribution in [0.1, 0.15) is 60.3 Å². The molecule has 2 aliphatic carbocycles. The number of carbonyl (C=O) groups is 3. The Kier molecular flexibility index (Phi) is 7.12. The molecule has 0 aromatic carbocycles. The van der Waals surface area contributed by atoms with E-state index in [9.17, 15) is 19.5 Å². The summed E-state index contributed by atoms with van der Waals surface area (Å²) in [5, 5.41) is 12.1. The van der Waals surface area contributed by atoms with Gasteiger partial charge in [0.2, 0.25) is 0 Å². The zero-order valence-corrected chi connectivity index (χ0v) is 17.5. The Balaban J connectivity index is 1.97. The predicted molar refractivity (Wildman–Crippen MR) is 103 cm³/mol. The minimum absolute atomic E-state index is 0.0118. The van der Waals surface area contributed by atoms with Crippen molar-refractivity contribution >= 4 is 18.0 Å². The number of alkyl carbamates (subject to hydrolysis) is 1. The number of fused-ring (bicyclic) bond motifs is 1. The maximum absolute atomic E-state index is 12.3. The minimum Gasteiger partial charge on any atom is -0.481 e. The fraction of sp³-hybridized carbons (Fsp3) is 0.762. The molecule has 0 aliphatic heterocycles. The number of allylic oxidation sites excluding steroid dienone is 2. The lowest BCUT2D eigenvalue weighted by atomic mass is 9.53. The van der Waals surface area contributed by atoms with Gasteiger partial charge < -0.3 is 19.9 Å². The van der Waals surface area contributed by atoms with Gasteiger partial charge in [0.25, 0.3) is 6.29 Å². The van der Waals surface area contributed by atoms with Crippen molar-refractivity contribution in [2.24, 2.45) is 29.1 Å².